The zero-order valence-electron chi connectivity index (χ0n) is 11.5. The molecule has 0 saturated carbocycles. The van der Waals surface area contributed by atoms with Gasteiger partial charge < -0.3 is 10.1 Å². The van der Waals surface area contributed by atoms with Crippen LogP contribution in [0.5, 0.6) is 0 Å². The van der Waals surface area contributed by atoms with Gasteiger partial charge >= 0.3 is 0 Å². The Morgan fingerprint density at radius 3 is 2.72 bits per heavy atom. The Balaban J connectivity index is 1.85. The molecule has 2 heterocycles. The van der Waals surface area contributed by atoms with Crippen LogP contribution in [-0.2, 0) is 10.2 Å². The Bertz CT molecular complexity index is 431. The lowest BCUT2D eigenvalue weighted by Crippen LogP contribution is -2.48. The highest BCUT2D eigenvalue weighted by molar-refractivity contribution is 5.38. The number of aryl methyl sites for hydroxylation is 2. The van der Waals surface area contributed by atoms with Gasteiger partial charge in [0.15, 0.2) is 0 Å². The topological polar surface area (TPSA) is 21.3 Å². The lowest BCUT2D eigenvalue weighted by atomic mass is 9.70. The summed E-state index contributed by atoms with van der Waals surface area (Å²) in [4.78, 5) is 0. The summed E-state index contributed by atoms with van der Waals surface area (Å²) in [6, 6.07) is 6.88. The fourth-order valence-electron chi connectivity index (χ4n) is 3.58. The van der Waals surface area contributed by atoms with Crippen molar-refractivity contribution in [3.05, 3.63) is 34.9 Å². The number of benzene rings is 1. The lowest BCUT2D eigenvalue weighted by Gasteiger charge is -2.44. The molecule has 0 spiro atoms. The third kappa shape index (κ3) is 2.08. The standard InChI is InChI=1S/C16H23NO/c1-12-3-4-15(13(2)7-12)16(10-18-11-16)8-14-5-6-17-9-14/h3-4,7,14,17H,5-6,8-11H2,1-2H3. The van der Waals surface area contributed by atoms with E-state index < -0.39 is 0 Å². The molecule has 2 nitrogen and oxygen atoms in total. The van der Waals surface area contributed by atoms with Gasteiger partial charge in [0.1, 0.15) is 0 Å². The first-order valence-corrected chi connectivity index (χ1v) is 7.06. The molecule has 18 heavy (non-hydrogen) atoms. The summed E-state index contributed by atoms with van der Waals surface area (Å²) in [5.74, 6) is 0.828. The first-order chi connectivity index (χ1) is 8.70. The minimum atomic E-state index is 0.300. The summed E-state index contributed by atoms with van der Waals surface area (Å²) >= 11 is 0. The summed E-state index contributed by atoms with van der Waals surface area (Å²) in [5, 5.41) is 3.48. The Morgan fingerprint density at radius 2 is 2.17 bits per heavy atom. The second-order valence-electron chi connectivity index (χ2n) is 6.15. The van der Waals surface area contributed by atoms with Crippen LogP contribution >= 0.6 is 0 Å². The maximum atomic E-state index is 5.57. The van der Waals surface area contributed by atoms with Gasteiger partial charge in [0.2, 0.25) is 0 Å². The van der Waals surface area contributed by atoms with Crippen LogP contribution in [0.2, 0.25) is 0 Å². The highest BCUT2D eigenvalue weighted by atomic mass is 16.5. The van der Waals surface area contributed by atoms with E-state index in [1.54, 1.807) is 0 Å². The first-order valence-electron chi connectivity index (χ1n) is 7.06. The average Bonchev–Trinajstić information content (AvgIpc) is 2.77. The summed E-state index contributed by atoms with van der Waals surface area (Å²) < 4.78 is 5.57. The molecule has 2 fully saturated rings. The second kappa shape index (κ2) is 4.67. The fraction of sp³-hybridized carbons (Fsp3) is 0.625. The SMILES string of the molecule is Cc1ccc(C2(CC3CCNC3)COC2)c(C)c1. The third-order valence-corrected chi connectivity index (χ3v) is 4.55. The van der Waals surface area contributed by atoms with Crippen LogP contribution in [0.4, 0.5) is 0 Å². The molecule has 1 aromatic carbocycles. The van der Waals surface area contributed by atoms with Crippen molar-refractivity contribution in [1.82, 2.24) is 5.32 Å². The highest BCUT2D eigenvalue weighted by Crippen LogP contribution is 2.41. The van der Waals surface area contributed by atoms with Crippen LogP contribution < -0.4 is 5.32 Å². The molecule has 3 rings (SSSR count). The van der Waals surface area contributed by atoms with E-state index in [0.717, 1.165) is 19.1 Å². The third-order valence-electron chi connectivity index (χ3n) is 4.55. The predicted molar refractivity (Wildman–Crippen MR) is 74.0 cm³/mol. The summed E-state index contributed by atoms with van der Waals surface area (Å²) in [7, 11) is 0. The first kappa shape index (κ1) is 12.2. The molecule has 98 valence electrons. The van der Waals surface area contributed by atoms with Crippen molar-refractivity contribution < 1.29 is 4.74 Å². The highest BCUT2D eigenvalue weighted by Gasteiger charge is 2.43. The van der Waals surface area contributed by atoms with Gasteiger partial charge in [-0.1, -0.05) is 23.8 Å². The van der Waals surface area contributed by atoms with Crippen molar-refractivity contribution in [2.45, 2.75) is 32.1 Å². The number of hydrogen-bond acceptors (Lipinski definition) is 2. The van der Waals surface area contributed by atoms with Crippen molar-refractivity contribution >= 4 is 0 Å². The van der Waals surface area contributed by atoms with Gasteiger partial charge in [-0.25, -0.2) is 0 Å². The van der Waals surface area contributed by atoms with Gasteiger partial charge in [0.05, 0.1) is 13.2 Å². The quantitative estimate of drug-likeness (QED) is 0.883. The van der Waals surface area contributed by atoms with Crippen LogP contribution in [0.25, 0.3) is 0 Å². The molecular formula is C16H23NO. The molecule has 0 radical (unpaired) electrons. The molecule has 0 aromatic heterocycles. The summed E-state index contributed by atoms with van der Waals surface area (Å²) in [6.07, 6.45) is 2.61. The zero-order chi connectivity index (χ0) is 12.6. The van der Waals surface area contributed by atoms with Crippen molar-refractivity contribution in [2.75, 3.05) is 26.3 Å². The largest absolute Gasteiger partial charge is 0.379 e. The van der Waals surface area contributed by atoms with E-state index in [2.05, 4.69) is 37.4 Å². The summed E-state index contributed by atoms with van der Waals surface area (Å²) in [5.41, 5.74) is 4.61. The monoisotopic (exact) mass is 245 g/mol. The van der Waals surface area contributed by atoms with E-state index in [0.29, 0.717) is 5.41 Å². The van der Waals surface area contributed by atoms with Gasteiger partial charge in [-0.15, -0.1) is 0 Å². The summed E-state index contributed by atoms with van der Waals surface area (Å²) in [6.45, 7) is 8.61. The van der Waals surface area contributed by atoms with E-state index in [1.807, 2.05) is 0 Å². The average molecular weight is 245 g/mol. The smallest absolute Gasteiger partial charge is 0.0585 e. The molecule has 2 aliphatic heterocycles. The van der Waals surface area contributed by atoms with Crippen molar-refractivity contribution in [1.29, 1.82) is 0 Å². The van der Waals surface area contributed by atoms with Crippen molar-refractivity contribution in [2.24, 2.45) is 5.92 Å². The Kier molecular flexibility index (Phi) is 3.16. The number of nitrogens with one attached hydrogen (secondary N) is 1. The molecule has 0 aliphatic carbocycles. The lowest BCUT2D eigenvalue weighted by molar-refractivity contribution is -0.0708. The van der Waals surface area contributed by atoms with Gasteiger partial charge in [-0.05, 0) is 56.8 Å². The van der Waals surface area contributed by atoms with Crippen LogP contribution in [0.3, 0.4) is 0 Å². The van der Waals surface area contributed by atoms with Crippen molar-refractivity contribution in [3.8, 4) is 0 Å². The fourth-order valence-corrected chi connectivity index (χ4v) is 3.58. The molecule has 2 heteroatoms. The Morgan fingerprint density at radius 1 is 1.33 bits per heavy atom. The van der Waals surface area contributed by atoms with E-state index in [-0.39, 0.29) is 0 Å². The maximum absolute atomic E-state index is 5.57. The van der Waals surface area contributed by atoms with E-state index in [4.69, 9.17) is 4.74 Å². The van der Waals surface area contributed by atoms with Gasteiger partial charge in [0.25, 0.3) is 0 Å². The molecule has 1 atom stereocenters. The molecule has 2 saturated heterocycles. The van der Waals surface area contributed by atoms with Gasteiger partial charge in [0, 0.05) is 5.41 Å². The van der Waals surface area contributed by atoms with Gasteiger partial charge in [-0.3, -0.25) is 0 Å². The van der Waals surface area contributed by atoms with Crippen LogP contribution in [0.1, 0.15) is 29.5 Å². The van der Waals surface area contributed by atoms with Crippen LogP contribution in [0, 0.1) is 19.8 Å². The Hall–Kier alpha value is -0.860. The van der Waals surface area contributed by atoms with E-state index in [1.165, 1.54) is 42.6 Å². The number of hydrogen-bond donors (Lipinski definition) is 1. The van der Waals surface area contributed by atoms with Crippen LogP contribution in [0.15, 0.2) is 18.2 Å². The maximum Gasteiger partial charge on any atom is 0.0585 e. The minimum Gasteiger partial charge on any atom is -0.379 e. The molecule has 2 aliphatic rings. The second-order valence-corrected chi connectivity index (χ2v) is 6.15. The van der Waals surface area contributed by atoms with Crippen LogP contribution in [-0.4, -0.2) is 26.3 Å². The minimum absolute atomic E-state index is 0.300. The van der Waals surface area contributed by atoms with E-state index >= 15 is 0 Å². The van der Waals surface area contributed by atoms with Crippen molar-refractivity contribution in [3.63, 3.8) is 0 Å². The predicted octanol–water partition coefficient (Wildman–Crippen LogP) is 2.57. The Labute approximate surface area is 110 Å². The normalized spacial score (nSPS) is 26.0. The molecule has 1 aromatic rings. The number of rotatable bonds is 3. The zero-order valence-corrected chi connectivity index (χ0v) is 11.5. The number of ether oxygens (including phenoxy) is 1. The molecular weight excluding hydrogens is 222 g/mol. The molecule has 1 unspecified atom stereocenters. The van der Waals surface area contributed by atoms with E-state index in [9.17, 15) is 0 Å². The molecule has 0 amide bonds. The molecule has 1 N–H and O–H groups in total. The van der Waals surface area contributed by atoms with Gasteiger partial charge in [-0.2, -0.15) is 0 Å². The molecule has 0 bridgehead atoms.